The predicted molar refractivity (Wildman–Crippen MR) is 51.5 cm³/mol. The summed E-state index contributed by atoms with van der Waals surface area (Å²) in [6, 6.07) is 0. The third kappa shape index (κ3) is 2.96. The Morgan fingerprint density at radius 2 is 1.92 bits per heavy atom. The summed E-state index contributed by atoms with van der Waals surface area (Å²) < 4.78 is 0. The molecular weight excluding hydrogens is 168 g/mol. The molecule has 1 aromatic heterocycles. The second-order valence-electron chi connectivity index (χ2n) is 3.73. The van der Waals surface area contributed by atoms with Gasteiger partial charge in [-0.2, -0.15) is 4.98 Å². The lowest BCUT2D eigenvalue weighted by atomic mass is 10.7. The van der Waals surface area contributed by atoms with Gasteiger partial charge >= 0.3 is 0 Å². The summed E-state index contributed by atoms with van der Waals surface area (Å²) in [7, 11) is -1.32. The van der Waals surface area contributed by atoms with Gasteiger partial charge in [-0.15, -0.1) is 0 Å². The van der Waals surface area contributed by atoms with Gasteiger partial charge in [-0.3, -0.25) is 0 Å². The molecule has 0 saturated heterocycles. The number of nitrogens with one attached hydrogen (secondary N) is 1. The van der Waals surface area contributed by atoms with Crippen LogP contribution in [0.25, 0.3) is 0 Å². The highest BCUT2D eigenvalue weighted by molar-refractivity contribution is 6.79. The second-order valence-corrected chi connectivity index (χ2v) is 8.48. The van der Waals surface area contributed by atoms with Gasteiger partial charge in [-0.25, -0.2) is 9.97 Å². The zero-order chi connectivity index (χ0) is 9.19. The summed E-state index contributed by atoms with van der Waals surface area (Å²) in [5.74, 6) is 1.45. The number of rotatable bonds is 2. The van der Waals surface area contributed by atoms with E-state index in [-0.39, 0.29) is 0 Å². The Bertz CT molecular complexity index is 268. The average Bonchev–Trinajstić information content (AvgIpc) is 1.82. The molecule has 0 aliphatic heterocycles. The molecule has 0 atom stereocenters. The van der Waals surface area contributed by atoms with Crippen LogP contribution in [0.1, 0.15) is 5.82 Å². The van der Waals surface area contributed by atoms with Crippen LogP contribution in [0.4, 0.5) is 5.95 Å². The Kier molecular flexibility index (Phi) is 2.42. The van der Waals surface area contributed by atoms with Crippen molar-refractivity contribution in [2.45, 2.75) is 26.6 Å². The molecule has 0 spiro atoms. The molecule has 0 radical (unpaired) electrons. The van der Waals surface area contributed by atoms with E-state index in [1.807, 2.05) is 6.92 Å². The first-order valence-electron chi connectivity index (χ1n) is 3.91. The molecule has 0 aromatic carbocycles. The third-order valence-corrected chi connectivity index (χ3v) is 2.15. The average molecular weight is 182 g/mol. The van der Waals surface area contributed by atoms with Gasteiger partial charge in [0.05, 0.1) is 0 Å². The fourth-order valence-corrected chi connectivity index (χ4v) is 1.57. The van der Waals surface area contributed by atoms with Gasteiger partial charge < -0.3 is 4.98 Å². The van der Waals surface area contributed by atoms with Crippen molar-refractivity contribution in [1.29, 1.82) is 0 Å². The van der Waals surface area contributed by atoms with Crippen LogP contribution >= 0.6 is 0 Å². The van der Waals surface area contributed by atoms with Gasteiger partial charge in [-0.05, 0) is 6.92 Å². The highest BCUT2D eigenvalue weighted by Gasteiger charge is 2.14. The normalized spacial score (nSPS) is 11.3. The molecule has 0 saturated carbocycles. The van der Waals surface area contributed by atoms with Crippen LogP contribution in [0.2, 0.25) is 19.6 Å². The topological polar surface area (TPSA) is 50.7 Å². The van der Waals surface area contributed by atoms with Crippen LogP contribution in [0.5, 0.6) is 0 Å². The largest absolute Gasteiger partial charge is 0.380 e. The lowest BCUT2D eigenvalue weighted by molar-refractivity contribution is 0.984. The minimum Gasteiger partial charge on any atom is -0.380 e. The minimum atomic E-state index is -1.32. The van der Waals surface area contributed by atoms with Crippen molar-refractivity contribution in [3.05, 3.63) is 12.2 Å². The Balaban J connectivity index is 2.77. The summed E-state index contributed by atoms with van der Waals surface area (Å²) in [4.78, 5) is 15.4. The summed E-state index contributed by atoms with van der Waals surface area (Å²) in [6.07, 6.45) is 1.53. The van der Waals surface area contributed by atoms with E-state index in [4.69, 9.17) is 0 Å². The van der Waals surface area contributed by atoms with Crippen LogP contribution in [0, 0.1) is 6.92 Å². The summed E-state index contributed by atoms with van der Waals surface area (Å²) in [5.41, 5.74) is 0. The standard InChI is InChI=1S/C7H14N4Si/c1-6-8-5-9-7(10-6)11-12(2,3)4/h5H,1-4H3,(H,8,9,10,11). The molecule has 4 nitrogen and oxygen atoms in total. The zero-order valence-electron chi connectivity index (χ0n) is 7.92. The van der Waals surface area contributed by atoms with E-state index < -0.39 is 8.24 Å². The summed E-state index contributed by atoms with van der Waals surface area (Å²) in [5, 5.41) is 0. The Morgan fingerprint density at radius 1 is 1.25 bits per heavy atom. The van der Waals surface area contributed by atoms with E-state index >= 15 is 0 Å². The van der Waals surface area contributed by atoms with E-state index in [0.29, 0.717) is 5.95 Å². The van der Waals surface area contributed by atoms with Gasteiger partial charge in [0.2, 0.25) is 5.95 Å². The van der Waals surface area contributed by atoms with Gasteiger partial charge in [0.1, 0.15) is 20.4 Å². The van der Waals surface area contributed by atoms with Gasteiger partial charge in [-0.1, -0.05) is 19.6 Å². The first-order chi connectivity index (χ1) is 5.47. The molecule has 0 fully saturated rings. The third-order valence-electron chi connectivity index (χ3n) is 1.18. The molecule has 1 aromatic rings. The molecule has 12 heavy (non-hydrogen) atoms. The first-order valence-corrected chi connectivity index (χ1v) is 7.41. The fourth-order valence-electron chi connectivity index (χ4n) is 0.774. The number of anilines is 1. The number of nitrogens with zero attached hydrogens (tertiary/aromatic N) is 3. The molecule has 0 bridgehead atoms. The molecule has 0 amide bonds. The monoisotopic (exact) mass is 182 g/mol. The zero-order valence-corrected chi connectivity index (χ0v) is 8.92. The van der Waals surface area contributed by atoms with Crippen molar-refractivity contribution in [3.63, 3.8) is 0 Å². The highest BCUT2D eigenvalue weighted by atomic mass is 28.3. The second kappa shape index (κ2) is 3.18. The summed E-state index contributed by atoms with van der Waals surface area (Å²) in [6.45, 7) is 8.46. The minimum absolute atomic E-state index is 0.696. The molecule has 0 aliphatic carbocycles. The highest BCUT2D eigenvalue weighted by Crippen LogP contribution is 2.04. The van der Waals surface area contributed by atoms with Gasteiger partial charge in [0.15, 0.2) is 0 Å². The smallest absolute Gasteiger partial charge is 0.217 e. The Labute approximate surface area is 73.6 Å². The molecule has 5 heteroatoms. The maximum absolute atomic E-state index is 4.16. The molecule has 1 heterocycles. The maximum atomic E-state index is 4.16. The lowest BCUT2D eigenvalue weighted by Gasteiger charge is -2.17. The summed E-state index contributed by atoms with van der Waals surface area (Å²) >= 11 is 0. The van der Waals surface area contributed by atoms with E-state index in [2.05, 4.69) is 39.6 Å². The number of hydrogen-bond acceptors (Lipinski definition) is 4. The van der Waals surface area contributed by atoms with Crippen molar-refractivity contribution >= 4 is 14.2 Å². The van der Waals surface area contributed by atoms with Crippen LogP contribution < -0.4 is 4.98 Å². The van der Waals surface area contributed by atoms with Crippen molar-refractivity contribution in [1.82, 2.24) is 15.0 Å². The molecule has 0 aliphatic rings. The molecule has 1 rings (SSSR count). The number of aromatic nitrogens is 3. The van der Waals surface area contributed by atoms with E-state index in [1.54, 1.807) is 0 Å². The number of aryl methyl sites for hydroxylation is 1. The molecule has 66 valence electrons. The van der Waals surface area contributed by atoms with E-state index in [1.165, 1.54) is 6.33 Å². The van der Waals surface area contributed by atoms with Crippen LogP contribution in [0.3, 0.4) is 0 Å². The van der Waals surface area contributed by atoms with Crippen molar-refractivity contribution in [3.8, 4) is 0 Å². The Morgan fingerprint density at radius 3 is 2.42 bits per heavy atom. The first kappa shape index (κ1) is 9.12. The molecule has 0 unspecified atom stereocenters. The van der Waals surface area contributed by atoms with Crippen molar-refractivity contribution < 1.29 is 0 Å². The van der Waals surface area contributed by atoms with Crippen molar-refractivity contribution in [2.24, 2.45) is 0 Å². The van der Waals surface area contributed by atoms with Gasteiger partial charge in [0.25, 0.3) is 0 Å². The van der Waals surface area contributed by atoms with Gasteiger partial charge in [0, 0.05) is 0 Å². The molecule has 1 N–H and O–H groups in total. The predicted octanol–water partition coefficient (Wildman–Crippen LogP) is 1.43. The molecular formula is C7H14N4Si. The Hall–Kier alpha value is -0.973. The lowest BCUT2D eigenvalue weighted by Crippen LogP contribution is -2.33. The van der Waals surface area contributed by atoms with Crippen LogP contribution in [0.15, 0.2) is 6.33 Å². The maximum Gasteiger partial charge on any atom is 0.217 e. The SMILES string of the molecule is Cc1ncnc(N[Si](C)(C)C)n1. The number of hydrogen-bond donors (Lipinski definition) is 1. The fraction of sp³-hybridized carbons (Fsp3) is 0.571. The van der Waals surface area contributed by atoms with E-state index in [0.717, 1.165) is 5.82 Å². The van der Waals surface area contributed by atoms with Crippen molar-refractivity contribution in [2.75, 3.05) is 4.98 Å². The van der Waals surface area contributed by atoms with Crippen LogP contribution in [-0.4, -0.2) is 23.2 Å². The quantitative estimate of drug-likeness (QED) is 0.703. The van der Waals surface area contributed by atoms with E-state index in [9.17, 15) is 0 Å². The van der Waals surface area contributed by atoms with Crippen LogP contribution in [-0.2, 0) is 0 Å².